The third-order valence-corrected chi connectivity index (χ3v) is 5.27. The second-order valence-electron chi connectivity index (χ2n) is 7.44. The van der Waals surface area contributed by atoms with Crippen molar-refractivity contribution in [1.29, 1.82) is 0 Å². The number of hydrogen-bond acceptors (Lipinski definition) is 3. The van der Waals surface area contributed by atoms with Gasteiger partial charge in [0, 0.05) is 41.6 Å². The van der Waals surface area contributed by atoms with Gasteiger partial charge in [0.05, 0.1) is 6.61 Å². The van der Waals surface area contributed by atoms with E-state index in [1.165, 1.54) is 25.0 Å². The zero-order valence-electron chi connectivity index (χ0n) is 14.7. The average Bonchev–Trinajstić information content (AvgIpc) is 3.58. The first kappa shape index (κ1) is 17.2. The Morgan fingerprint density at radius 3 is 2.81 bits per heavy atom. The molecule has 0 atom stereocenters. The molecule has 4 nitrogen and oxygen atoms in total. The molecule has 0 unspecified atom stereocenters. The molecule has 0 saturated heterocycles. The summed E-state index contributed by atoms with van der Waals surface area (Å²) in [5, 5.41) is 2.99. The van der Waals surface area contributed by atoms with E-state index in [9.17, 15) is 9.18 Å². The van der Waals surface area contributed by atoms with Gasteiger partial charge in [0.25, 0.3) is 5.91 Å². The maximum absolute atomic E-state index is 14.0. The lowest BCUT2D eigenvalue weighted by Crippen LogP contribution is -2.32. The Balaban J connectivity index is 1.37. The van der Waals surface area contributed by atoms with Crippen molar-refractivity contribution in [2.75, 3.05) is 13.2 Å². The number of halogens is 1. The van der Waals surface area contributed by atoms with E-state index in [2.05, 4.69) is 10.3 Å². The van der Waals surface area contributed by atoms with Gasteiger partial charge in [0.1, 0.15) is 5.82 Å². The summed E-state index contributed by atoms with van der Waals surface area (Å²) in [6.07, 6.45) is 6.22. The van der Waals surface area contributed by atoms with E-state index in [1.807, 2.05) is 18.2 Å². The smallest absolute Gasteiger partial charge is 0.251 e. The maximum atomic E-state index is 14.0. The predicted octanol–water partition coefficient (Wildman–Crippen LogP) is 3.61. The van der Waals surface area contributed by atoms with Crippen LogP contribution in [0.4, 0.5) is 4.39 Å². The number of amides is 1. The van der Waals surface area contributed by atoms with E-state index < -0.39 is 0 Å². The molecule has 136 valence electrons. The summed E-state index contributed by atoms with van der Waals surface area (Å²) in [6, 6.07) is 10.3. The molecule has 4 rings (SSSR count). The average molecular weight is 354 g/mol. The molecule has 2 aliphatic rings. The number of nitrogens with zero attached hydrogens (tertiary/aromatic N) is 1. The molecular formula is C21H23FN2O2. The second kappa shape index (κ2) is 7.16. The van der Waals surface area contributed by atoms with Crippen molar-refractivity contribution in [3.63, 3.8) is 0 Å². The molecule has 2 saturated carbocycles. The first-order chi connectivity index (χ1) is 12.7. The number of carbonyl (C=O) groups excluding carboxylic acids is 1. The summed E-state index contributed by atoms with van der Waals surface area (Å²) < 4.78 is 19.5. The van der Waals surface area contributed by atoms with Crippen molar-refractivity contribution in [3.05, 3.63) is 65.2 Å². The molecular weight excluding hydrogens is 331 g/mol. The van der Waals surface area contributed by atoms with Crippen molar-refractivity contribution in [1.82, 2.24) is 10.3 Å². The number of pyridine rings is 1. The molecule has 1 amide bonds. The zero-order valence-corrected chi connectivity index (χ0v) is 14.7. The van der Waals surface area contributed by atoms with E-state index in [1.54, 1.807) is 12.3 Å². The van der Waals surface area contributed by atoms with Crippen LogP contribution in [0.25, 0.3) is 0 Å². The van der Waals surface area contributed by atoms with Crippen molar-refractivity contribution < 1.29 is 13.9 Å². The Morgan fingerprint density at radius 2 is 2.12 bits per heavy atom. The van der Waals surface area contributed by atoms with Crippen LogP contribution in [0, 0.1) is 11.7 Å². The third-order valence-electron chi connectivity index (χ3n) is 5.27. The molecule has 0 radical (unpaired) electrons. The van der Waals surface area contributed by atoms with Gasteiger partial charge in [-0.05, 0) is 61.9 Å². The normalized spacial score (nSPS) is 17.7. The summed E-state index contributed by atoms with van der Waals surface area (Å²) >= 11 is 0. The van der Waals surface area contributed by atoms with Gasteiger partial charge in [-0.2, -0.15) is 0 Å². The molecule has 2 aromatic rings. The highest BCUT2D eigenvalue weighted by molar-refractivity contribution is 5.94. The molecule has 2 aliphatic carbocycles. The first-order valence-corrected chi connectivity index (χ1v) is 9.22. The number of aromatic nitrogens is 1. The van der Waals surface area contributed by atoms with Gasteiger partial charge in [0.2, 0.25) is 0 Å². The van der Waals surface area contributed by atoms with Crippen molar-refractivity contribution in [2.45, 2.75) is 37.7 Å². The first-order valence-electron chi connectivity index (χ1n) is 9.22. The Morgan fingerprint density at radius 1 is 1.27 bits per heavy atom. The Bertz CT molecular complexity index is 786. The van der Waals surface area contributed by atoms with Crippen LogP contribution in [0.1, 0.15) is 47.3 Å². The molecule has 1 aromatic carbocycles. The van der Waals surface area contributed by atoms with E-state index >= 15 is 0 Å². The van der Waals surface area contributed by atoms with Gasteiger partial charge >= 0.3 is 0 Å². The van der Waals surface area contributed by atoms with E-state index in [4.69, 9.17) is 4.74 Å². The zero-order chi connectivity index (χ0) is 18.0. The van der Waals surface area contributed by atoms with Crippen LogP contribution < -0.4 is 5.32 Å². The van der Waals surface area contributed by atoms with Crippen molar-refractivity contribution in [2.24, 2.45) is 5.92 Å². The number of benzene rings is 1. The number of rotatable bonds is 8. The highest BCUT2D eigenvalue weighted by Gasteiger charge is 2.45. The van der Waals surface area contributed by atoms with Crippen LogP contribution >= 0.6 is 0 Å². The molecule has 2 fully saturated rings. The molecule has 1 aromatic heterocycles. The molecule has 26 heavy (non-hydrogen) atoms. The summed E-state index contributed by atoms with van der Waals surface area (Å²) in [6.45, 7) is 1.43. The van der Waals surface area contributed by atoms with Gasteiger partial charge in [-0.25, -0.2) is 4.39 Å². The largest absolute Gasteiger partial charge is 0.376 e. The summed E-state index contributed by atoms with van der Waals surface area (Å²) in [4.78, 5) is 16.9. The molecule has 0 bridgehead atoms. The Hall–Kier alpha value is -2.27. The SMILES string of the molecule is O=C(NCC1(c2ccccn2)CC1)c1ccc(F)c(COCC2CC2)c1. The Kier molecular flexibility index (Phi) is 4.72. The number of ether oxygens (including phenoxy) is 1. The molecule has 5 heteroatoms. The summed E-state index contributed by atoms with van der Waals surface area (Å²) in [5.41, 5.74) is 1.87. The molecule has 1 heterocycles. The fraction of sp³-hybridized carbons (Fsp3) is 0.429. The maximum Gasteiger partial charge on any atom is 0.251 e. The van der Waals surface area contributed by atoms with Crippen molar-refractivity contribution in [3.8, 4) is 0 Å². The van der Waals surface area contributed by atoms with E-state index in [0.29, 0.717) is 30.2 Å². The van der Waals surface area contributed by atoms with E-state index in [-0.39, 0.29) is 23.7 Å². The number of hydrogen-bond donors (Lipinski definition) is 1. The molecule has 1 N–H and O–H groups in total. The minimum absolute atomic E-state index is 0.0485. The van der Waals surface area contributed by atoms with Crippen LogP contribution in [0.3, 0.4) is 0 Å². The number of carbonyl (C=O) groups is 1. The highest BCUT2D eigenvalue weighted by atomic mass is 19.1. The van der Waals surface area contributed by atoms with Gasteiger partial charge < -0.3 is 10.1 Å². The quantitative estimate of drug-likeness (QED) is 0.788. The fourth-order valence-electron chi connectivity index (χ4n) is 3.15. The minimum Gasteiger partial charge on any atom is -0.376 e. The lowest BCUT2D eigenvalue weighted by atomic mass is 10.0. The monoisotopic (exact) mass is 354 g/mol. The summed E-state index contributed by atoms with van der Waals surface area (Å²) in [5.74, 6) is 0.117. The van der Waals surface area contributed by atoms with Crippen LogP contribution in [-0.2, 0) is 16.8 Å². The summed E-state index contributed by atoms with van der Waals surface area (Å²) in [7, 11) is 0. The lowest BCUT2D eigenvalue weighted by molar-refractivity contribution is 0.0947. The lowest BCUT2D eigenvalue weighted by Gasteiger charge is -2.16. The standard InChI is InChI=1S/C21H23FN2O2/c22-18-7-6-16(11-17(18)13-26-12-15-4-5-15)20(25)24-14-21(8-9-21)19-3-1-2-10-23-19/h1-3,6-7,10-11,15H,4-5,8-9,12-14H2,(H,24,25). The predicted molar refractivity (Wildman–Crippen MR) is 96.3 cm³/mol. The molecule has 0 spiro atoms. The Labute approximate surface area is 152 Å². The highest BCUT2D eigenvalue weighted by Crippen LogP contribution is 2.46. The number of nitrogens with one attached hydrogen (secondary N) is 1. The fourth-order valence-corrected chi connectivity index (χ4v) is 3.15. The van der Waals surface area contributed by atoms with Crippen molar-refractivity contribution >= 4 is 5.91 Å². The minimum atomic E-state index is -0.329. The van der Waals surface area contributed by atoms with Crippen LogP contribution in [0.15, 0.2) is 42.6 Å². The van der Waals surface area contributed by atoms with Gasteiger partial charge in [-0.1, -0.05) is 6.07 Å². The van der Waals surface area contributed by atoms with Gasteiger partial charge in [-0.15, -0.1) is 0 Å². The third kappa shape index (κ3) is 3.93. The van der Waals surface area contributed by atoms with Gasteiger partial charge in [0.15, 0.2) is 0 Å². The van der Waals surface area contributed by atoms with E-state index in [0.717, 1.165) is 18.5 Å². The second-order valence-corrected chi connectivity index (χ2v) is 7.44. The van der Waals surface area contributed by atoms with Crippen LogP contribution in [0.5, 0.6) is 0 Å². The van der Waals surface area contributed by atoms with Gasteiger partial charge in [-0.3, -0.25) is 9.78 Å². The topological polar surface area (TPSA) is 51.2 Å². The molecule has 0 aliphatic heterocycles. The van der Waals surface area contributed by atoms with Crippen LogP contribution in [-0.4, -0.2) is 24.0 Å². The van der Waals surface area contributed by atoms with Crippen LogP contribution in [0.2, 0.25) is 0 Å².